The van der Waals surface area contributed by atoms with E-state index in [4.69, 9.17) is 4.74 Å². The van der Waals surface area contributed by atoms with Crippen LogP contribution in [0.25, 0.3) is 5.52 Å². The molecule has 1 saturated heterocycles. The van der Waals surface area contributed by atoms with Gasteiger partial charge in [0, 0.05) is 51.2 Å². The molecule has 2 amide bonds. The standard InChI is InChI=1S/C31H33F4N7O2/c1-3-39-11-13-40(14-12-39)18-22-6-7-23(16-25(22)31(33,34)35)38-30(43)41-10-8-21-15-26(32)28(17-24(21)20(41)2)44-29-27-5-4-9-42(27)37-19-36-29/h4-7,9,15-17,19-20H,3,8,10-14,18H2,1-2H3,(H,38,43). The molecule has 13 heteroatoms. The number of nitrogens with zero attached hydrogens (tertiary/aromatic N) is 6. The van der Waals surface area contributed by atoms with Gasteiger partial charge in [0.1, 0.15) is 11.8 Å². The van der Waals surface area contributed by atoms with E-state index in [2.05, 4.69) is 27.2 Å². The fourth-order valence-electron chi connectivity index (χ4n) is 5.95. The van der Waals surface area contributed by atoms with Gasteiger partial charge in [-0.15, -0.1) is 0 Å². The van der Waals surface area contributed by atoms with E-state index < -0.39 is 29.6 Å². The quantitative estimate of drug-likeness (QED) is 0.271. The molecule has 0 spiro atoms. The SMILES string of the molecule is CCN1CCN(Cc2ccc(NC(=O)N3CCc4cc(F)c(Oc5ncnn6cccc56)cc4C3C)cc2C(F)(F)F)CC1. The minimum atomic E-state index is -4.57. The van der Waals surface area contributed by atoms with Crippen LogP contribution in [0, 0.1) is 5.82 Å². The predicted molar refractivity (Wildman–Crippen MR) is 156 cm³/mol. The molecule has 0 aliphatic carbocycles. The molecule has 2 aliphatic rings. The van der Waals surface area contributed by atoms with Crippen LogP contribution >= 0.6 is 0 Å². The molecule has 0 radical (unpaired) electrons. The van der Waals surface area contributed by atoms with E-state index in [1.165, 1.54) is 29.4 Å². The number of likely N-dealkylation sites (N-methyl/N-ethyl adjacent to an activating group) is 1. The van der Waals surface area contributed by atoms with Gasteiger partial charge in [-0.1, -0.05) is 13.0 Å². The van der Waals surface area contributed by atoms with Gasteiger partial charge < -0.3 is 19.9 Å². The topological polar surface area (TPSA) is 78.2 Å². The number of benzene rings is 2. The van der Waals surface area contributed by atoms with Crippen LogP contribution in [0.4, 0.5) is 28.0 Å². The van der Waals surface area contributed by atoms with E-state index in [9.17, 15) is 18.0 Å². The Balaban J connectivity index is 1.18. The molecular weight excluding hydrogens is 578 g/mol. The lowest BCUT2D eigenvalue weighted by Gasteiger charge is -2.35. The number of alkyl halides is 3. The van der Waals surface area contributed by atoms with E-state index in [1.54, 1.807) is 35.8 Å². The van der Waals surface area contributed by atoms with Crippen molar-refractivity contribution in [2.75, 3.05) is 44.6 Å². The second kappa shape index (κ2) is 12.0. The van der Waals surface area contributed by atoms with E-state index >= 15 is 4.39 Å². The minimum absolute atomic E-state index is 0.0545. The zero-order chi connectivity index (χ0) is 31.0. The number of anilines is 1. The maximum Gasteiger partial charge on any atom is 0.416 e. The highest BCUT2D eigenvalue weighted by molar-refractivity contribution is 5.90. The Bertz CT molecular complexity index is 1670. The first kappa shape index (κ1) is 29.8. The number of halogens is 4. The van der Waals surface area contributed by atoms with Crippen molar-refractivity contribution in [2.45, 2.75) is 39.0 Å². The number of nitrogens with one attached hydrogen (secondary N) is 1. The van der Waals surface area contributed by atoms with Crippen molar-refractivity contribution in [2.24, 2.45) is 0 Å². The first-order chi connectivity index (χ1) is 21.1. The van der Waals surface area contributed by atoms with Crippen molar-refractivity contribution in [3.63, 3.8) is 0 Å². The van der Waals surface area contributed by atoms with E-state index in [1.807, 2.05) is 4.90 Å². The number of amides is 2. The number of aromatic nitrogens is 3. The molecular formula is C31H33F4N7O2. The lowest BCUT2D eigenvalue weighted by molar-refractivity contribution is -0.138. The summed E-state index contributed by atoms with van der Waals surface area (Å²) in [5.74, 6) is -0.445. The van der Waals surface area contributed by atoms with Crippen LogP contribution in [0.5, 0.6) is 11.6 Å². The van der Waals surface area contributed by atoms with Gasteiger partial charge >= 0.3 is 12.2 Å². The molecule has 9 nitrogen and oxygen atoms in total. The molecule has 1 N–H and O–H groups in total. The van der Waals surface area contributed by atoms with E-state index in [-0.39, 0.29) is 36.0 Å². The van der Waals surface area contributed by atoms with Gasteiger partial charge in [0.05, 0.1) is 11.6 Å². The Kier molecular flexibility index (Phi) is 8.16. The monoisotopic (exact) mass is 611 g/mol. The van der Waals surface area contributed by atoms with Crippen LogP contribution in [0.3, 0.4) is 0 Å². The van der Waals surface area contributed by atoms with Gasteiger partial charge in [-0.2, -0.15) is 23.3 Å². The van der Waals surface area contributed by atoms with Crippen molar-refractivity contribution in [1.82, 2.24) is 29.3 Å². The third kappa shape index (κ3) is 6.06. The predicted octanol–water partition coefficient (Wildman–Crippen LogP) is 5.97. The van der Waals surface area contributed by atoms with Gasteiger partial charge in [0.15, 0.2) is 11.6 Å². The zero-order valence-electron chi connectivity index (χ0n) is 24.4. The van der Waals surface area contributed by atoms with Crippen LogP contribution in [0.1, 0.15) is 42.1 Å². The lowest BCUT2D eigenvalue weighted by Crippen LogP contribution is -2.45. The number of carbonyl (C=O) groups is 1. The molecule has 0 bridgehead atoms. The van der Waals surface area contributed by atoms with Gasteiger partial charge in [0.2, 0.25) is 5.88 Å². The summed E-state index contributed by atoms with van der Waals surface area (Å²) < 4.78 is 64.8. The number of fused-ring (bicyclic) bond motifs is 2. The molecule has 2 aliphatic heterocycles. The first-order valence-corrected chi connectivity index (χ1v) is 14.6. The summed E-state index contributed by atoms with van der Waals surface area (Å²) in [7, 11) is 0. The molecule has 1 fully saturated rings. The molecule has 4 heterocycles. The fraction of sp³-hybridized carbons (Fsp3) is 0.387. The Labute approximate surface area is 252 Å². The highest BCUT2D eigenvalue weighted by Gasteiger charge is 2.35. The normalized spacial score (nSPS) is 18.0. The number of urea groups is 1. The molecule has 2 aromatic carbocycles. The summed E-state index contributed by atoms with van der Waals surface area (Å²) >= 11 is 0. The van der Waals surface area contributed by atoms with E-state index in [0.717, 1.165) is 31.3 Å². The number of ether oxygens (including phenoxy) is 1. The summed E-state index contributed by atoms with van der Waals surface area (Å²) in [6, 6.07) is 9.36. The van der Waals surface area contributed by atoms with Gasteiger partial charge in [-0.25, -0.2) is 13.7 Å². The fourth-order valence-corrected chi connectivity index (χ4v) is 5.95. The summed E-state index contributed by atoms with van der Waals surface area (Å²) in [5, 5.41) is 6.74. The Morgan fingerprint density at radius 1 is 1.07 bits per heavy atom. The van der Waals surface area contributed by atoms with Crippen molar-refractivity contribution in [3.05, 3.63) is 83.1 Å². The largest absolute Gasteiger partial charge is 0.434 e. The third-order valence-electron chi connectivity index (χ3n) is 8.47. The highest BCUT2D eigenvalue weighted by atomic mass is 19.4. The maximum atomic E-state index is 15.0. The van der Waals surface area contributed by atoms with Crippen molar-refractivity contribution in [3.8, 4) is 11.6 Å². The third-order valence-corrected chi connectivity index (χ3v) is 8.47. The molecule has 1 atom stereocenters. The second-order valence-electron chi connectivity index (χ2n) is 11.1. The minimum Gasteiger partial charge on any atom is -0.434 e. The molecule has 2 aromatic heterocycles. The Morgan fingerprint density at radius 2 is 1.84 bits per heavy atom. The number of hydrogen-bond acceptors (Lipinski definition) is 6. The van der Waals surface area contributed by atoms with Crippen LogP contribution in [-0.2, 0) is 19.1 Å². The van der Waals surface area contributed by atoms with Crippen LogP contribution in [0.15, 0.2) is 55.0 Å². The molecule has 4 aromatic rings. The van der Waals surface area contributed by atoms with Crippen molar-refractivity contribution >= 4 is 17.2 Å². The van der Waals surface area contributed by atoms with Crippen LogP contribution in [0.2, 0.25) is 0 Å². The first-order valence-electron chi connectivity index (χ1n) is 14.6. The van der Waals surface area contributed by atoms with Crippen molar-refractivity contribution in [1.29, 1.82) is 0 Å². The average molecular weight is 612 g/mol. The maximum absolute atomic E-state index is 15.0. The number of carbonyl (C=O) groups excluding carboxylic acids is 1. The lowest BCUT2D eigenvalue weighted by atomic mass is 9.93. The summed E-state index contributed by atoms with van der Waals surface area (Å²) in [6.07, 6.45) is -1.18. The number of piperazine rings is 1. The zero-order valence-corrected chi connectivity index (χ0v) is 24.4. The average Bonchev–Trinajstić information content (AvgIpc) is 3.49. The molecule has 232 valence electrons. The van der Waals surface area contributed by atoms with Gasteiger partial charge in [-0.3, -0.25) is 4.90 Å². The van der Waals surface area contributed by atoms with Gasteiger partial charge in [-0.05, 0) is 73.0 Å². The number of hydrogen-bond donors (Lipinski definition) is 1. The van der Waals surface area contributed by atoms with Crippen molar-refractivity contribution < 1.29 is 27.1 Å². The van der Waals surface area contributed by atoms with Crippen LogP contribution < -0.4 is 10.1 Å². The molecule has 6 rings (SSSR count). The van der Waals surface area contributed by atoms with Gasteiger partial charge in [0.25, 0.3) is 0 Å². The highest BCUT2D eigenvalue weighted by Crippen LogP contribution is 2.37. The van der Waals surface area contributed by atoms with E-state index in [0.29, 0.717) is 30.6 Å². The Hall–Kier alpha value is -4.23. The number of rotatable bonds is 6. The Morgan fingerprint density at radius 3 is 2.59 bits per heavy atom. The summed E-state index contributed by atoms with van der Waals surface area (Å²) in [6.45, 7) is 8.28. The molecule has 44 heavy (non-hydrogen) atoms. The molecule has 1 unspecified atom stereocenters. The van der Waals surface area contributed by atoms with Crippen LogP contribution in [-0.4, -0.2) is 74.6 Å². The summed E-state index contributed by atoms with van der Waals surface area (Å²) in [5.41, 5.74) is 1.44. The smallest absolute Gasteiger partial charge is 0.416 e. The molecule has 0 saturated carbocycles. The second-order valence-corrected chi connectivity index (χ2v) is 11.1. The summed E-state index contributed by atoms with van der Waals surface area (Å²) in [4.78, 5) is 23.3.